The molecular weight excluding hydrogens is 729 g/mol. The van der Waals surface area contributed by atoms with Crippen molar-refractivity contribution in [2.45, 2.75) is 126 Å². The van der Waals surface area contributed by atoms with Gasteiger partial charge in [0.05, 0.1) is 43.7 Å². The number of aromatic hydroxyl groups is 2. The van der Waals surface area contributed by atoms with Crippen molar-refractivity contribution in [3.8, 4) is 11.5 Å². The number of hydrogen-bond donors (Lipinski definition) is 4. The Balaban J connectivity index is 1.83. The molecular formula is C41H54N2O7S3. The van der Waals surface area contributed by atoms with Crippen molar-refractivity contribution >= 4 is 44.0 Å². The molecule has 9 nitrogen and oxygen atoms in total. The fraction of sp³-hybridized carbons (Fsp3) is 0.463. The molecule has 0 saturated carbocycles. The minimum atomic E-state index is -1.87. The second-order valence-corrected chi connectivity index (χ2v) is 21.8. The Hall–Kier alpha value is -3.61. The van der Waals surface area contributed by atoms with Gasteiger partial charge in [-0.25, -0.2) is 0 Å². The van der Waals surface area contributed by atoms with Gasteiger partial charge in [-0.3, -0.25) is 22.2 Å². The number of phenols is 2. The normalized spacial score (nSPS) is 14.6. The van der Waals surface area contributed by atoms with Gasteiger partial charge in [0, 0.05) is 63.2 Å². The highest BCUT2D eigenvalue weighted by Gasteiger charge is 2.33. The van der Waals surface area contributed by atoms with Gasteiger partial charge in [-0.2, -0.15) is 0 Å². The summed E-state index contributed by atoms with van der Waals surface area (Å²) < 4.78 is 40.3. The first-order valence-corrected chi connectivity index (χ1v) is 21.8. The Kier molecular flexibility index (Phi) is 11.6. The van der Waals surface area contributed by atoms with E-state index in [0.29, 0.717) is 27.8 Å². The minimum absolute atomic E-state index is 0.0196. The molecule has 2 aromatic heterocycles. The van der Waals surface area contributed by atoms with Gasteiger partial charge in [0.2, 0.25) is 0 Å². The van der Waals surface area contributed by atoms with Crippen molar-refractivity contribution in [1.82, 2.24) is 9.97 Å². The third kappa shape index (κ3) is 8.70. The molecule has 4 aromatic rings. The Morgan fingerprint density at radius 3 is 1.32 bits per heavy atom. The van der Waals surface area contributed by atoms with Crippen LogP contribution in [0, 0.1) is 0 Å². The summed E-state index contributed by atoms with van der Waals surface area (Å²) in [6.45, 7) is 23.4. The summed E-state index contributed by atoms with van der Waals surface area (Å²) in [6, 6.07) is 8.16. The van der Waals surface area contributed by atoms with Crippen LogP contribution in [-0.4, -0.2) is 56.9 Å². The van der Waals surface area contributed by atoms with E-state index in [0.717, 1.165) is 0 Å². The quantitative estimate of drug-likeness (QED) is 0.125. The molecule has 4 rings (SSSR count). The molecule has 0 fully saturated rings. The summed E-state index contributed by atoms with van der Waals surface area (Å²) in [5.41, 5.74) is 1.56. The topological polar surface area (TPSA) is 157 Å². The number of phenolic OH excluding ortho intramolecular Hbond substituents is 2. The number of H-pyrrole nitrogens is 2. The molecule has 12 heteroatoms. The summed E-state index contributed by atoms with van der Waals surface area (Å²) in [6.07, 6.45) is 4.31. The van der Waals surface area contributed by atoms with Crippen molar-refractivity contribution in [1.29, 1.82) is 0 Å². The van der Waals surface area contributed by atoms with E-state index in [1.54, 1.807) is 24.3 Å². The van der Waals surface area contributed by atoms with Gasteiger partial charge in [0.15, 0.2) is 11.6 Å². The minimum Gasteiger partial charge on any atom is -0.507 e. The molecule has 0 aliphatic heterocycles. The number of carbonyl (C=O) groups excluding carboxylic acids is 2. The number of hydrogen-bond acceptors (Lipinski definition) is 7. The molecule has 2 aromatic carbocycles. The van der Waals surface area contributed by atoms with Crippen LogP contribution in [0.4, 0.5) is 0 Å². The summed E-state index contributed by atoms with van der Waals surface area (Å²) >= 11 is 0. The zero-order chi connectivity index (χ0) is 40.3. The number of nitrogens with one attached hydrogen (secondary N) is 2. The molecule has 3 atom stereocenters. The fourth-order valence-corrected chi connectivity index (χ4v) is 9.13. The molecule has 3 unspecified atom stereocenters. The standard InChI is InChI=1S/C41H54N2O7S3/c1-38(2,3)26-15-22(16-27(34(26)46)39(4,5)6)32(44)24-19-30(42-20-24)53(50)21-25-31(37(52(14)49)43-36(25)51(13)48)33(45)23-17-28(40(7,8)9)35(47)29(18-23)41(10,11)12/h15-20,42-43,46-47H,21H2,1-14H3. The van der Waals surface area contributed by atoms with E-state index >= 15 is 0 Å². The SMILES string of the molecule is CS(=O)c1[nH]c(S(C)=O)c(C(=O)c2cc(C(C)(C)C)c(O)c(C(C)(C)C)c2)c1CS(=O)c1cc(C(=O)c2cc(C(C)(C)C)c(O)c(C(C)(C)C)c2)c[nH]1. The van der Waals surface area contributed by atoms with Gasteiger partial charge in [-0.05, 0) is 52.0 Å². The van der Waals surface area contributed by atoms with E-state index in [2.05, 4.69) is 9.97 Å². The lowest BCUT2D eigenvalue weighted by molar-refractivity contribution is 0.102. The first-order chi connectivity index (χ1) is 24.0. The summed E-state index contributed by atoms with van der Waals surface area (Å²) in [4.78, 5) is 34.4. The number of aromatic amines is 2. The molecule has 288 valence electrons. The number of aromatic nitrogens is 2. The maximum atomic E-state index is 14.6. The average molecular weight is 783 g/mol. The van der Waals surface area contributed by atoms with Crippen molar-refractivity contribution in [2.24, 2.45) is 0 Å². The average Bonchev–Trinajstić information content (AvgIpc) is 3.64. The number of carbonyl (C=O) groups is 2. The van der Waals surface area contributed by atoms with E-state index in [4.69, 9.17) is 0 Å². The molecule has 0 spiro atoms. The van der Waals surface area contributed by atoms with Crippen molar-refractivity contribution in [3.63, 3.8) is 0 Å². The van der Waals surface area contributed by atoms with E-state index in [1.165, 1.54) is 24.8 Å². The summed E-state index contributed by atoms with van der Waals surface area (Å²) in [5.74, 6) is -0.850. The number of ketones is 2. The monoisotopic (exact) mass is 782 g/mol. The van der Waals surface area contributed by atoms with E-state index in [1.807, 2.05) is 83.1 Å². The van der Waals surface area contributed by atoms with Gasteiger partial charge in [-0.1, -0.05) is 83.1 Å². The highest BCUT2D eigenvalue weighted by Crippen LogP contribution is 2.42. The second kappa shape index (κ2) is 14.6. The zero-order valence-corrected chi connectivity index (χ0v) is 35.8. The lowest BCUT2D eigenvalue weighted by Gasteiger charge is -2.28. The third-order valence-electron chi connectivity index (χ3n) is 9.25. The van der Waals surface area contributed by atoms with Crippen LogP contribution in [0.1, 0.15) is 143 Å². The van der Waals surface area contributed by atoms with E-state index in [-0.39, 0.29) is 60.4 Å². The Bertz CT molecular complexity index is 2110. The molecule has 2 heterocycles. The van der Waals surface area contributed by atoms with Crippen molar-refractivity contribution in [3.05, 3.63) is 86.6 Å². The van der Waals surface area contributed by atoms with Gasteiger partial charge in [0.1, 0.15) is 26.6 Å². The molecule has 0 radical (unpaired) electrons. The molecule has 4 N–H and O–H groups in total. The zero-order valence-electron chi connectivity index (χ0n) is 33.3. The van der Waals surface area contributed by atoms with Crippen LogP contribution in [0.2, 0.25) is 0 Å². The smallest absolute Gasteiger partial charge is 0.196 e. The predicted octanol–water partition coefficient (Wildman–Crippen LogP) is 8.19. The Morgan fingerprint density at radius 1 is 0.585 bits per heavy atom. The maximum Gasteiger partial charge on any atom is 0.196 e. The largest absolute Gasteiger partial charge is 0.507 e. The van der Waals surface area contributed by atoms with Crippen molar-refractivity contribution < 1.29 is 32.4 Å². The molecule has 0 bridgehead atoms. The molecule has 0 amide bonds. The van der Waals surface area contributed by atoms with Gasteiger partial charge >= 0.3 is 0 Å². The van der Waals surface area contributed by atoms with Crippen LogP contribution < -0.4 is 0 Å². The van der Waals surface area contributed by atoms with Gasteiger partial charge in [0.25, 0.3) is 0 Å². The maximum absolute atomic E-state index is 14.6. The van der Waals surface area contributed by atoms with Crippen molar-refractivity contribution in [2.75, 3.05) is 12.5 Å². The highest BCUT2D eigenvalue weighted by molar-refractivity contribution is 7.85. The van der Waals surface area contributed by atoms with Crippen LogP contribution in [0.25, 0.3) is 0 Å². The van der Waals surface area contributed by atoms with Crippen LogP contribution in [0.3, 0.4) is 0 Å². The first kappa shape index (κ1) is 42.1. The molecule has 0 aliphatic carbocycles. The van der Waals surface area contributed by atoms with Gasteiger partial charge in [-0.15, -0.1) is 0 Å². The highest BCUT2D eigenvalue weighted by atomic mass is 32.2. The molecule has 53 heavy (non-hydrogen) atoms. The van der Waals surface area contributed by atoms with E-state index in [9.17, 15) is 32.4 Å². The lowest BCUT2D eigenvalue weighted by atomic mass is 9.77. The van der Waals surface area contributed by atoms with Crippen LogP contribution in [0.5, 0.6) is 11.5 Å². The molecule has 0 saturated heterocycles. The van der Waals surface area contributed by atoms with Crippen LogP contribution in [-0.2, 0) is 59.8 Å². The Morgan fingerprint density at radius 2 is 0.962 bits per heavy atom. The Labute approximate surface area is 321 Å². The number of rotatable bonds is 9. The van der Waals surface area contributed by atoms with Crippen LogP contribution in [0.15, 0.2) is 51.6 Å². The van der Waals surface area contributed by atoms with E-state index < -0.39 is 59.8 Å². The fourth-order valence-electron chi connectivity index (χ4n) is 6.30. The lowest BCUT2D eigenvalue weighted by Crippen LogP contribution is -2.19. The van der Waals surface area contributed by atoms with Gasteiger partial charge < -0.3 is 20.2 Å². The second-order valence-electron chi connectivity index (χ2n) is 17.8. The predicted molar refractivity (Wildman–Crippen MR) is 214 cm³/mol. The third-order valence-corrected chi connectivity index (χ3v) is 12.3. The summed E-state index contributed by atoms with van der Waals surface area (Å²) in [7, 11) is -5.27. The number of benzene rings is 2. The molecule has 0 aliphatic rings. The first-order valence-electron chi connectivity index (χ1n) is 17.4. The van der Waals surface area contributed by atoms with Crippen LogP contribution >= 0.6 is 0 Å². The summed E-state index contributed by atoms with van der Waals surface area (Å²) in [5, 5.41) is 22.9.